The van der Waals surface area contributed by atoms with Gasteiger partial charge in [0, 0.05) is 36.0 Å². The number of rotatable bonds is 26. The van der Waals surface area contributed by atoms with E-state index in [-0.39, 0.29) is 48.4 Å². The number of unbranched alkanes of at least 4 members (excludes halogenated alkanes) is 18. The van der Waals surface area contributed by atoms with Crippen LogP contribution in [0.25, 0.3) is 0 Å². The molecule has 0 saturated heterocycles. The molecule has 1 radical (unpaired) electrons. The van der Waals surface area contributed by atoms with Gasteiger partial charge in [-0.3, -0.25) is 9.59 Å². The molecular formula is C29H57NNaO4. The van der Waals surface area contributed by atoms with Crippen LogP contribution in [0.2, 0.25) is 0 Å². The largest absolute Gasteiger partial charge is 0.466 e. The molecule has 6 heteroatoms. The van der Waals surface area contributed by atoms with Gasteiger partial charge in [0.05, 0.1) is 13.2 Å². The summed E-state index contributed by atoms with van der Waals surface area (Å²) in [5, 5.41) is 0. The van der Waals surface area contributed by atoms with E-state index in [4.69, 9.17) is 15.2 Å². The average molecular weight is 507 g/mol. The maximum atomic E-state index is 12.0. The van der Waals surface area contributed by atoms with Gasteiger partial charge in [0.1, 0.15) is 6.04 Å². The van der Waals surface area contributed by atoms with Crippen molar-refractivity contribution < 1.29 is 19.1 Å². The second-order valence-electron chi connectivity index (χ2n) is 9.90. The minimum atomic E-state index is -0.743. The van der Waals surface area contributed by atoms with E-state index in [1.54, 1.807) is 0 Å². The van der Waals surface area contributed by atoms with E-state index in [9.17, 15) is 9.59 Å². The van der Waals surface area contributed by atoms with Crippen molar-refractivity contribution in [3.63, 3.8) is 0 Å². The van der Waals surface area contributed by atoms with E-state index in [1.165, 1.54) is 103 Å². The molecule has 0 heterocycles. The molecular weight excluding hydrogens is 449 g/mol. The van der Waals surface area contributed by atoms with Gasteiger partial charge in [-0.2, -0.15) is 0 Å². The molecule has 0 aliphatic rings. The van der Waals surface area contributed by atoms with E-state index >= 15 is 0 Å². The van der Waals surface area contributed by atoms with Crippen LogP contribution in [0.15, 0.2) is 0 Å². The summed E-state index contributed by atoms with van der Waals surface area (Å²) >= 11 is 0. The molecule has 0 aromatic rings. The smallest absolute Gasteiger partial charge is 0.322 e. The number of esters is 2. The Bertz CT molecular complexity index is 462. The standard InChI is InChI=1S/C29H57NO4.Na/c1-3-5-7-9-11-13-15-17-19-21-25-33-28(31)24-23-27(30)29(32)34-26-22-20-18-16-14-12-10-8-6-4-2;/h27H,3-26,30H2,1-2H3;/t27-;/m0./s1. The molecule has 0 aliphatic carbocycles. The van der Waals surface area contributed by atoms with Crippen molar-refractivity contribution >= 4 is 41.5 Å². The Kier molecular flexibility index (Phi) is 31.9. The Hall–Kier alpha value is -0.100. The van der Waals surface area contributed by atoms with Gasteiger partial charge in [0.2, 0.25) is 0 Å². The van der Waals surface area contributed by atoms with E-state index < -0.39 is 12.0 Å². The van der Waals surface area contributed by atoms with Gasteiger partial charge in [0.15, 0.2) is 0 Å². The van der Waals surface area contributed by atoms with Crippen LogP contribution in [-0.4, -0.2) is 60.8 Å². The predicted octanol–water partition coefficient (Wildman–Crippen LogP) is 7.64. The summed E-state index contributed by atoms with van der Waals surface area (Å²) in [5.74, 6) is -0.674. The van der Waals surface area contributed by atoms with Crippen molar-refractivity contribution in [2.75, 3.05) is 13.2 Å². The number of hydrogen-bond acceptors (Lipinski definition) is 5. The van der Waals surface area contributed by atoms with Crippen molar-refractivity contribution in [2.24, 2.45) is 5.73 Å². The Morgan fingerprint density at radius 2 is 0.914 bits per heavy atom. The fourth-order valence-corrected chi connectivity index (χ4v) is 4.11. The van der Waals surface area contributed by atoms with Gasteiger partial charge in [-0.25, -0.2) is 0 Å². The number of ether oxygens (including phenoxy) is 2. The topological polar surface area (TPSA) is 78.6 Å². The van der Waals surface area contributed by atoms with Gasteiger partial charge >= 0.3 is 11.9 Å². The molecule has 0 bridgehead atoms. The third-order valence-electron chi connectivity index (χ3n) is 6.47. The van der Waals surface area contributed by atoms with Crippen LogP contribution < -0.4 is 5.73 Å². The van der Waals surface area contributed by atoms with Crippen LogP contribution in [0.4, 0.5) is 0 Å². The minimum absolute atomic E-state index is 0. The Morgan fingerprint density at radius 3 is 1.31 bits per heavy atom. The molecule has 0 rings (SSSR count). The monoisotopic (exact) mass is 506 g/mol. The molecule has 0 amide bonds. The van der Waals surface area contributed by atoms with Gasteiger partial charge in [0.25, 0.3) is 0 Å². The first kappa shape index (κ1) is 37.1. The van der Waals surface area contributed by atoms with Crippen LogP contribution in [0.3, 0.4) is 0 Å². The molecule has 2 N–H and O–H groups in total. The number of nitrogens with two attached hydrogens (primary N) is 1. The Balaban J connectivity index is 0. The molecule has 0 aliphatic heterocycles. The van der Waals surface area contributed by atoms with Crippen LogP contribution >= 0.6 is 0 Å². The molecule has 0 spiro atoms. The van der Waals surface area contributed by atoms with Crippen molar-refractivity contribution in [1.82, 2.24) is 0 Å². The average Bonchev–Trinajstić information content (AvgIpc) is 2.84. The summed E-state index contributed by atoms with van der Waals surface area (Å²) in [6, 6.07) is -0.743. The SMILES string of the molecule is CCCCCCCCCCCCOC(=O)CC[C@H](N)C(=O)OCCCCCCCCCCCC.[Na]. The molecule has 0 aromatic carbocycles. The minimum Gasteiger partial charge on any atom is -0.466 e. The summed E-state index contributed by atoms with van der Waals surface area (Å²) in [6.07, 6.45) is 25.5. The number of carbonyl (C=O) groups excluding carboxylic acids is 2. The quantitative estimate of drug-likeness (QED) is 0.0741. The maximum absolute atomic E-state index is 12.0. The van der Waals surface area contributed by atoms with Gasteiger partial charge in [-0.1, -0.05) is 129 Å². The van der Waals surface area contributed by atoms with Crippen molar-refractivity contribution in [3.05, 3.63) is 0 Å². The van der Waals surface area contributed by atoms with Gasteiger partial charge in [-0.15, -0.1) is 0 Å². The predicted molar refractivity (Wildman–Crippen MR) is 149 cm³/mol. The number of carbonyl (C=O) groups is 2. The second kappa shape index (κ2) is 30.1. The summed E-state index contributed by atoms with van der Waals surface area (Å²) in [7, 11) is 0. The van der Waals surface area contributed by atoms with Crippen molar-refractivity contribution in [2.45, 2.75) is 161 Å². The first-order valence-electron chi connectivity index (χ1n) is 14.7. The molecule has 5 nitrogen and oxygen atoms in total. The fourth-order valence-electron chi connectivity index (χ4n) is 4.11. The molecule has 0 saturated carbocycles. The molecule has 0 fully saturated rings. The normalized spacial score (nSPS) is 11.6. The van der Waals surface area contributed by atoms with Crippen LogP contribution in [-0.2, 0) is 19.1 Å². The molecule has 0 unspecified atom stereocenters. The molecule has 203 valence electrons. The first-order valence-corrected chi connectivity index (χ1v) is 14.7. The first-order chi connectivity index (χ1) is 16.6. The second-order valence-corrected chi connectivity index (χ2v) is 9.90. The molecule has 0 aromatic heterocycles. The van der Waals surface area contributed by atoms with E-state index in [2.05, 4.69) is 13.8 Å². The zero-order valence-corrected chi connectivity index (χ0v) is 25.8. The molecule has 1 atom stereocenters. The maximum Gasteiger partial charge on any atom is 0.322 e. The summed E-state index contributed by atoms with van der Waals surface area (Å²) in [5.41, 5.74) is 5.87. The Morgan fingerprint density at radius 1 is 0.571 bits per heavy atom. The Labute approximate surface area is 239 Å². The third-order valence-corrected chi connectivity index (χ3v) is 6.47. The van der Waals surface area contributed by atoms with Crippen LogP contribution in [0.1, 0.15) is 155 Å². The summed E-state index contributed by atoms with van der Waals surface area (Å²) in [4.78, 5) is 23.8. The van der Waals surface area contributed by atoms with Gasteiger partial charge in [-0.05, 0) is 19.3 Å². The van der Waals surface area contributed by atoms with E-state index in [0.29, 0.717) is 13.2 Å². The van der Waals surface area contributed by atoms with Crippen LogP contribution in [0, 0.1) is 0 Å². The van der Waals surface area contributed by atoms with E-state index in [0.717, 1.165) is 25.7 Å². The van der Waals surface area contributed by atoms with Gasteiger partial charge < -0.3 is 15.2 Å². The fraction of sp³-hybridized carbons (Fsp3) is 0.931. The van der Waals surface area contributed by atoms with E-state index in [1.807, 2.05) is 0 Å². The third kappa shape index (κ3) is 28.3. The zero-order valence-electron chi connectivity index (χ0n) is 23.8. The number of hydrogen-bond donors (Lipinski definition) is 1. The summed E-state index contributed by atoms with van der Waals surface area (Å²) < 4.78 is 10.5. The molecule has 35 heavy (non-hydrogen) atoms. The van der Waals surface area contributed by atoms with Crippen molar-refractivity contribution in [3.8, 4) is 0 Å². The summed E-state index contributed by atoms with van der Waals surface area (Å²) in [6.45, 7) is 5.38. The zero-order chi connectivity index (χ0) is 25.1. The van der Waals surface area contributed by atoms with Crippen LogP contribution in [0.5, 0.6) is 0 Å². The van der Waals surface area contributed by atoms with Crippen molar-refractivity contribution in [1.29, 1.82) is 0 Å².